The predicted octanol–water partition coefficient (Wildman–Crippen LogP) is 4.17. The summed E-state index contributed by atoms with van der Waals surface area (Å²) in [5, 5.41) is 5.26. The monoisotopic (exact) mass is 542 g/mol. The molecule has 1 atom stereocenters. The van der Waals surface area contributed by atoms with Gasteiger partial charge in [0.15, 0.2) is 0 Å². The number of aromatic nitrogens is 1. The predicted molar refractivity (Wildman–Crippen MR) is 153 cm³/mol. The number of H-pyrrole nitrogens is 1. The molecule has 3 aromatic rings. The molecule has 4 rings (SSSR count). The van der Waals surface area contributed by atoms with Gasteiger partial charge >= 0.3 is 0 Å². The zero-order chi connectivity index (χ0) is 28.8. The Hall–Kier alpha value is -4.99. The van der Waals surface area contributed by atoms with Crippen molar-refractivity contribution in [3.63, 3.8) is 0 Å². The third-order valence-corrected chi connectivity index (χ3v) is 6.49. The zero-order valence-corrected chi connectivity index (χ0v) is 22.3. The van der Waals surface area contributed by atoms with E-state index in [1.54, 1.807) is 35.4 Å². The van der Waals surface area contributed by atoms with Crippen LogP contribution in [-0.4, -0.2) is 46.4 Å². The summed E-state index contributed by atoms with van der Waals surface area (Å²) in [6.45, 7) is 7.78. The molecule has 0 spiro atoms. The SMILES string of the molecule is C=CC(=O)Nc1cc(CN=C2C(=C(N)C(=O)Nc3cccc(C)c3)CN(C(=O)c3ccc[nH]3)CC2C)ccc1F. The van der Waals surface area contributed by atoms with Crippen molar-refractivity contribution in [2.45, 2.75) is 20.4 Å². The van der Waals surface area contributed by atoms with Crippen molar-refractivity contribution in [1.29, 1.82) is 0 Å². The van der Waals surface area contributed by atoms with E-state index in [1.807, 2.05) is 32.0 Å². The molecule has 0 radical (unpaired) electrons. The van der Waals surface area contributed by atoms with Crippen LogP contribution in [0.3, 0.4) is 0 Å². The molecule has 10 heteroatoms. The van der Waals surface area contributed by atoms with Gasteiger partial charge in [-0.2, -0.15) is 0 Å². The molecule has 1 aliphatic heterocycles. The molecule has 1 aliphatic rings. The Kier molecular flexibility index (Phi) is 8.58. The Labute approximate surface area is 231 Å². The number of hydrogen-bond donors (Lipinski definition) is 4. The molecule has 0 bridgehead atoms. The molecule has 1 fully saturated rings. The average molecular weight is 543 g/mol. The highest BCUT2D eigenvalue weighted by atomic mass is 19.1. The van der Waals surface area contributed by atoms with E-state index in [0.717, 1.165) is 11.6 Å². The lowest BCUT2D eigenvalue weighted by atomic mass is 9.90. The molecule has 1 unspecified atom stereocenters. The maximum Gasteiger partial charge on any atom is 0.271 e. The van der Waals surface area contributed by atoms with Crippen LogP contribution in [0.25, 0.3) is 0 Å². The number of anilines is 2. The van der Waals surface area contributed by atoms with Gasteiger partial charge in [0.05, 0.1) is 18.8 Å². The first-order chi connectivity index (χ1) is 19.2. The largest absolute Gasteiger partial charge is 0.394 e. The molecule has 0 aliphatic carbocycles. The number of benzene rings is 2. The second-order valence-electron chi connectivity index (χ2n) is 9.60. The summed E-state index contributed by atoms with van der Waals surface area (Å²) in [6, 6.07) is 15.1. The number of carbonyl (C=O) groups excluding carboxylic acids is 3. The number of amides is 3. The molecular weight excluding hydrogens is 511 g/mol. The van der Waals surface area contributed by atoms with E-state index < -0.39 is 17.6 Å². The quantitative estimate of drug-likeness (QED) is 0.334. The second kappa shape index (κ2) is 12.2. The van der Waals surface area contributed by atoms with Crippen molar-refractivity contribution < 1.29 is 18.8 Å². The van der Waals surface area contributed by atoms with Crippen molar-refractivity contribution in [3.8, 4) is 0 Å². The molecule has 1 saturated heterocycles. The second-order valence-corrected chi connectivity index (χ2v) is 9.60. The van der Waals surface area contributed by atoms with Crippen molar-refractivity contribution in [2.75, 3.05) is 23.7 Å². The van der Waals surface area contributed by atoms with Crippen molar-refractivity contribution >= 4 is 34.8 Å². The first kappa shape index (κ1) is 28.0. The third kappa shape index (κ3) is 6.52. The van der Waals surface area contributed by atoms with Gasteiger partial charge in [-0.3, -0.25) is 19.4 Å². The summed E-state index contributed by atoms with van der Waals surface area (Å²) in [6.07, 6.45) is 2.72. The lowest BCUT2D eigenvalue weighted by Crippen LogP contribution is -2.46. The van der Waals surface area contributed by atoms with E-state index in [1.165, 1.54) is 12.1 Å². The molecule has 40 heavy (non-hydrogen) atoms. The minimum Gasteiger partial charge on any atom is -0.394 e. The van der Waals surface area contributed by atoms with Crippen LogP contribution in [0.1, 0.15) is 28.5 Å². The summed E-state index contributed by atoms with van der Waals surface area (Å²) in [5.74, 6) is -2.11. The molecule has 2 aromatic carbocycles. The van der Waals surface area contributed by atoms with Gasteiger partial charge in [-0.05, 0) is 60.5 Å². The van der Waals surface area contributed by atoms with E-state index >= 15 is 0 Å². The van der Waals surface area contributed by atoms with Crippen LogP contribution in [0.4, 0.5) is 15.8 Å². The van der Waals surface area contributed by atoms with Crippen LogP contribution in [0.15, 0.2) is 89.7 Å². The summed E-state index contributed by atoms with van der Waals surface area (Å²) in [7, 11) is 0. The highest BCUT2D eigenvalue weighted by molar-refractivity contribution is 6.13. The number of aliphatic imine (C=N–C) groups is 1. The third-order valence-electron chi connectivity index (χ3n) is 6.49. The van der Waals surface area contributed by atoms with Crippen molar-refractivity contribution in [1.82, 2.24) is 9.88 Å². The van der Waals surface area contributed by atoms with Gasteiger partial charge in [0.2, 0.25) is 5.91 Å². The van der Waals surface area contributed by atoms with E-state index in [9.17, 15) is 18.8 Å². The first-order valence-electron chi connectivity index (χ1n) is 12.7. The van der Waals surface area contributed by atoms with Gasteiger partial charge < -0.3 is 26.3 Å². The van der Waals surface area contributed by atoms with Crippen LogP contribution in [0.2, 0.25) is 0 Å². The lowest BCUT2D eigenvalue weighted by Gasteiger charge is -2.34. The van der Waals surface area contributed by atoms with Gasteiger partial charge in [-0.15, -0.1) is 0 Å². The number of nitrogens with two attached hydrogens (primary N) is 1. The number of nitrogens with one attached hydrogen (secondary N) is 3. The number of piperidine rings is 1. The fourth-order valence-corrected chi connectivity index (χ4v) is 4.50. The Morgan fingerprint density at radius 3 is 2.67 bits per heavy atom. The highest BCUT2D eigenvalue weighted by Crippen LogP contribution is 2.25. The zero-order valence-electron chi connectivity index (χ0n) is 22.3. The van der Waals surface area contributed by atoms with Crippen LogP contribution in [0, 0.1) is 18.7 Å². The van der Waals surface area contributed by atoms with Gasteiger partial charge in [-0.25, -0.2) is 4.39 Å². The molecule has 9 nitrogen and oxygen atoms in total. The minimum absolute atomic E-state index is 0.00910. The van der Waals surface area contributed by atoms with E-state index in [0.29, 0.717) is 34.8 Å². The van der Waals surface area contributed by atoms with Crippen LogP contribution >= 0.6 is 0 Å². The van der Waals surface area contributed by atoms with E-state index in [4.69, 9.17) is 10.7 Å². The number of nitrogens with zero attached hydrogens (tertiary/aromatic N) is 2. The number of aromatic amines is 1. The number of hydrogen-bond acceptors (Lipinski definition) is 5. The average Bonchev–Trinajstić information content (AvgIpc) is 3.48. The van der Waals surface area contributed by atoms with Gasteiger partial charge in [0, 0.05) is 35.6 Å². The number of carbonyl (C=O) groups is 3. The van der Waals surface area contributed by atoms with Crippen molar-refractivity contribution in [3.05, 3.63) is 107 Å². The summed E-state index contributed by atoms with van der Waals surface area (Å²) in [4.78, 5) is 47.4. The fourth-order valence-electron chi connectivity index (χ4n) is 4.50. The molecule has 2 heterocycles. The first-order valence-corrected chi connectivity index (χ1v) is 12.7. The standard InChI is InChI=1S/C30H31FN6O3/c1-4-26(38)36-25-14-20(10-11-23(25)31)15-34-28-19(3)16-37(30(40)24-9-6-12-33-24)17-22(28)27(32)29(39)35-21-8-5-7-18(2)13-21/h4-14,19,33H,1,15-17,32H2,2-3H3,(H,35,39)(H,36,38). The Morgan fingerprint density at radius 1 is 1.18 bits per heavy atom. The van der Waals surface area contributed by atoms with Gasteiger partial charge in [0.1, 0.15) is 17.2 Å². The number of likely N-dealkylation sites (tertiary alicyclic amines) is 1. The normalized spacial score (nSPS) is 17.3. The fraction of sp³-hybridized carbons (Fsp3) is 0.200. The molecule has 0 saturated carbocycles. The van der Waals surface area contributed by atoms with Gasteiger partial charge in [-0.1, -0.05) is 31.7 Å². The summed E-state index contributed by atoms with van der Waals surface area (Å²) in [5.41, 5.74) is 10.0. The number of aryl methyl sites for hydroxylation is 1. The van der Waals surface area contributed by atoms with Crippen LogP contribution in [-0.2, 0) is 16.1 Å². The Morgan fingerprint density at radius 2 is 1.98 bits per heavy atom. The van der Waals surface area contributed by atoms with Crippen LogP contribution < -0.4 is 16.4 Å². The molecular formula is C30H31FN6O3. The maximum atomic E-state index is 14.2. The number of rotatable bonds is 7. The van der Waals surface area contributed by atoms with Gasteiger partial charge in [0.25, 0.3) is 11.8 Å². The maximum absolute atomic E-state index is 14.2. The van der Waals surface area contributed by atoms with E-state index in [-0.39, 0.29) is 36.3 Å². The minimum atomic E-state index is -0.589. The molecule has 3 amide bonds. The Bertz CT molecular complexity index is 1510. The molecule has 206 valence electrons. The highest BCUT2D eigenvalue weighted by Gasteiger charge is 2.33. The summed E-state index contributed by atoms with van der Waals surface area (Å²) >= 11 is 0. The van der Waals surface area contributed by atoms with Crippen molar-refractivity contribution in [2.24, 2.45) is 16.6 Å². The van der Waals surface area contributed by atoms with E-state index in [2.05, 4.69) is 22.2 Å². The number of halogens is 1. The van der Waals surface area contributed by atoms with Crippen LogP contribution in [0.5, 0.6) is 0 Å². The summed E-state index contributed by atoms with van der Waals surface area (Å²) < 4.78 is 14.2. The topological polar surface area (TPSA) is 133 Å². The Balaban J connectivity index is 1.67. The molecule has 1 aromatic heterocycles. The smallest absolute Gasteiger partial charge is 0.271 e. The molecule has 5 N–H and O–H groups in total. The lowest BCUT2D eigenvalue weighted by molar-refractivity contribution is -0.113.